The van der Waals surface area contributed by atoms with Crippen molar-refractivity contribution in [3.63, 3.8) is 0 Å². The molecule has 3 amide bonds. The molecule has 0 saturated carbocycles. The number of amides is 3. The van der Waals surface area contributed by atoms with E-state index in [4.69, 9.17) is 4.74 Å². The molecule has 8 nitrogen and oxygen atoms in total. The van der Waals surface area contributed by atoms with Gasteiger partial charge in [-0.1, -0.05) is 19.1 Å². The Bertz CT molecular complexity index is 1430. The van der Waals surface area contributed by atoms with Crippen molar-refractivity contribution in [2.75, 3.05) is 33.3 Å². The molecular weight excluding hydrogens is 487 g/mol. The number of aromatic nitrogens is 1. The zero-order valence-electron chi connectivity index (χ0n) is 22.0. The number of phenolic OH excluding ortho intramolecular Hbond substituents is 1. The van der Waals surface area contributed by atoms with Gasteiger partial charge >= 0.3 is 6.03 Å². The van der Waals surface area contributed by atoms with Crippen LogP contribution in [0.5, 0.6) is 11.5 Å². The third-order valence-electron chi connectivity index (χ3n) is 8.64. The lowest BCUT2D eigenvalue weighted by Gasteiger charge is -2.42. The Kier molecular flexibility index (Phi) is 5.86. The molecule has 2 atom stereocenters. The van der Waals surface area contributed by atoms with Gasteiger partial charge in [-0.2, -0.15) is 0 Å². The first-order valence-electron chi connectivity index (χ1n) is 13.3. The van der Waals surface area contributed by atoms with Crippen LogP contribution in [-0.4, -0.2) is 75.6 Å². The van der Waals surface area contributed by atoms with E-state index in [2.05, 4.69) is 16.8 Å². The summed E-state index contributed by atoms with van der Waals surface area (Å²) in [6, 6.07) is 8.77. The Hall–Kier alpha value is -3.59. The summed E-state index contributed by atoms with van der Waals surface area (Å²) in [5, 5.41) is 11.1. The molecule has 1 aromatic heterocycles. The normalized spacial score (nSPS) is 24.3. The second kappa shape index (κ2) is 9.01. The first-order chi connectivity index (χ1) is 18.2. The summed E-state index contributed by atoms with van der Waals surface area (Å²) in [5.74, 6) is 0.159. The maximum absolute atomic E-state index is 14.6. The molecule has 4 heterocycles. The number of piperidine rings is 1. The van der Waals surface area contributed by atoms with Crippen molar-refractivity contribution in [1.82, 2.24) is 19.7 Å². The molecule has 2 N–H and O–H groups in total. The first-order valence-corrected chi connectivity index (χ1v) is 13.3. The number of halogens is 1. The highest BCUT2D eigenvalue weighted by molar-refractivity contribution is 6.08. The van der Waals surface area contributed by atoms with E-state index in [-0.39, 0.29) is 29.9 Å². The number of fused-ring (bicyclic) bond motifs is 4. The number of likely N-dealkylation sites (tertiary alicyclic amines) is 1. The highest BCUT2D eigenvalue weighted by Crippen LogP contribution is 2.49. The SMILES string of the molecule is COc1cc2c3c([nH]c2cc1F)C(c1cccc(O)c1)N1C(=O)N(CCN2CCC(C)CC2)C(=O)C1(C)C3. The number of rotatable bonds is 5. The van der Waals surface area contributed by atoms with Gasteiger partial charge in [-0.3, -0.25) is 14.6 Å². The van der Waals surface area contributed by atoms with Crippen molar-refractivity contribution in [3.8, 4) is 11.5 Å². The lowest BCUT2D eigenvalue weighted by molar-refractivity contribution is -0.133. The summed E-state index contributed by atoms with van der Waals surface area (Å²) < 4.78 is 19.8. The molecule has 0 spiro atoms. The number of nitrogens with one attached hydrogen (secondary N) is 1. The van der Waals surface area contributed by atoms with Crippen molar-refractivity contribution < 1.29 is 23.8 Å². The fraction of sp³-hybridized carbons (Fsp3) is 0.448. The van der Waals surface area contributed by atoms with E-state index < -0.39 is 17.4 Å². The van der Waals surface area contributed by atoms with Gasteiger partial charge in [0, 0.05) is 42.2 Å². The number of hydrogen-bond acceptors (Lipinski definition) is 5. The number of H-pyrrole nitrogens is 1. The van der Waals surface area contributed by atoms with Crippen LogP contribution in [0.25, 0.3) is 10.9 Å². The van der Waals surface area contributed by atoms with E-state index in [1.807, 2.05) is 13.0 Å². The molecule has 2 saturated heterocycles. The summed E-state index contributed by atoms with van der Waals surface area (Å²) in [6.07, 6.45) is 2.53. The molecule has 2 fully saturated rings. The number of carbonyl (C=O) groups excluding carboxylic acids is 2. The second-order valence-corrected chi connectivity index (χ2v) is 11.1. The fourth-order valence-corrected chi connectivity index (χ4v) is 6.44. The van der Waals surface area contributed by atoms with Gasteiger partial charge in [0.05, 0.1) is 7.11 Å². The maximum atomic E-state index is 14.6. The zero-order valence-corrected chi connectivity index (χ0v) is 22.0. The minimum Gasteiger partial charge on any atom is -0.508 e. The molecule has 0 radical (unpaired) electrons. The van der Waals surface area contributed by atoms with Gasteiger partial charge in [0.15, 0.2) is 11.6 Å². The Balaban J connectivity index is 1.43. The smallest absolute Gasteiger partial charge is 0.328 e. The summed E-state index contributed by atoms with van der Waals surface area (Å²) in [4.78, 5) is 36.7. The molecule has 6 rings (SSSR count). The van der Waals surface area contributed by atoms with Crippen molar-refractivity contribution in [1.29, 1.82) is 0 Å². The van der Waals surface area contributed by atoms with Crippen molar-refractivity contribution >= 4 is 22.8 Å². The number of hydrogen-bond donors (Lipinski definition) is 2. The number of nitrogens with zero attached hydrogens (tertiary/aromatic N) is 3. The number of aromatic amines is 1. The van der Waals surface area contributed by atoms with Crippen LogP contribution in [0.3, 0.4) is 0 Å². The summed E-state index contributed by atoms with van der Waals surface area (Å²) in [5.41, 5.74) is 1.67. The van der Waals surface area contributed by atoms with Crippen LogP contribution in [-0.2, 0) is 11.2 Å². The lowest BCUT2D eigenvalue weighted by atomic mass is 9.81. The Morgan fingerprint density at radius 3 is 2.63 bits per heavy atom. The van der Waals surface area contributed by atoms with Gasteiger partial charge in [-0.05, 0) is 68.1 Å². The fourth-order valence-electron chi connectivity index (χ4n) is 6.44. The molecule has 2 unspecified atom stereocenters. The second-order valence-electron chi connectivity index (χ2n) is 11.1. The van der Waals surface area contributed by atoms with Crippen LogP contribution in [0.2, 0.25) is 0 Å². The highest BCUT2D eigenvalue weighted by atomic mass is 19.1. The van der Waals surface area contributed by atoms with E-state index in [1.165, 1.54) is 18.1 Å². The predicted octanol–water partition coefficient (Wildman–Crippen LogP) is 4.42. The van der Waals surface area contributed by atoms with Gasteiger partial charge < -0.3 is 19.7 Å². The molecular formula is C29H33FN4O4. The first kappa shape index (κ1) is 24.7. The molecule has 2 aromatic carbocycles. The topological polar surface area (TPSA) is 89.1 Å². The largest absolute Gasteiger partial charge is 0.508 e. The van der Waals surface area contributed by atoms with E-state index in [9.17, 15) is 19.1 Å². The molecule has 3 aromatic rings. The third kappa shape index (κ3) is 3.74. The number of phenols is 1. The number of methoxy groups -OCH3 is 1. The maximum Gasteiger partial charge on any atom is 0.328 e. The Labute approximate surface area is 221 Å². The Morgan fingerprint density at radius 2 is 1.92 bits per heavy atom. The van der Waals surface area contributed by atoms with E-state index in [0.29, 0.717) is 35.8 Å². The molecule has 200 valence electrons. The van der Waals surface area contributed by atoms with Gasteiger partial charge in [0.25, 0.3) is 5.91 Å². The van der Waals surface area contributed by atoms with Crippen LogP contribution in [0.4, 0.5) is 9.18 Å². The van der Waals surface area contributed by atoms with Crippen LogP contribution < -0.4 is 4.74 Å². The van der Waals surface area contributed by atoms with Crippen LogP contribution in [0, 0.1) is 11.7 Å². The van der Waals surface area contributed by atoms with Gasteiger partial charge in [-0.25, -0.2) is 9.18 Å². The number of urea groups is 1. The summed E-state index contributed by atoms with van der Waals surface area (Å²) in [6.45, 7) is 6.99. The predicted molar refractivity (Wildman–Crippen MR) is 141 cm³/mol. The van der Waals surface area contributed by atoms with Gasteiger partial charge in [0.1, 0.15) is 17.3 Å². The number of imide groups is 1. The quantitative estimate of drug-likeness (QED) is 0.486. The molecule has 38 heavy (non-hydrogen) atoms. The van der Waals surface area contributed by atoms with E-state index in [1.54, 1.807) is 29.2 Å². The third-order valence-corrected chi connectivity index (χ3v) is 8.64. The number of ether oxygens (including phenoxy) is 1. The minimum atomic E-state index is -1.13. The van der Waals surface area contributed by atoms with Gasteiger partial charge in [0.2, 0.25) is 0 Å². The number of carbonyl (C=O) groups is 2. The molecule has 0 bridgehead atoms. The van der Waals surface area contributed by atoms with Crippen LogP contribution in [0.15, 0.2) is 36.4 Å². The molecule has 0 aliphatic carbocycles. The van der Waals surface area contributed by atoms with Crippen molar-refractivity contribution in [2.24, 2.45) is 5.92 Å². The minimum absolute atomic E-state index is 0.0642. The summed E-state index contributed by atoms with van der Waals surface area (Å²) in [7, 11) is 1.42. The zero-order chi connectivity index (χ0) is 26.8. The average molecular weight is 521 g/mol. The highest BCUT2D eigenvalue weighted by Gasteiger charge is 2.60. The van der Waals surface area contributed by atoms with Crippen LogP contribution >= 0.6 is 0 Å². The standard InChI is InChI=1S/C29H33FN4O4/c1-17-7-9-32(10-8-17)11-12-33-27(36)29(2)16-21-20-14-24(38-3)22(30)15-23(20)31-25(21)26(34(29)28(33)37)18-5-4-6-19(35)13-18/h4-6,13-15,17,26,31,35H,7-12,16H2,1-3H3. The molecule has 3 aliphatic rings. The van der Waals surface area contributed by atoms with E-state index >= 15 is 0 Å². The molecule has 3 aliphatic heterocycles. The van der Waals surface area contributed by atoms with Gasteiger partial charge in [-0.15, -0.1) is 0 Å². The van der Waals surface area contributed by atoms with Crippen LogP contribution in [0.1, 0.15) is 49.6 Å². The van der Waals surface area contributed by atoms with Crippen molar-refractivity contribution in [3.05, 3.63) is 59.0 Å². The number of aromatic hydroxyl groups is 1. The molecule has 9 heteroatoms. The summed E-state index contributed by atoms with van der Waals surface area (Å²) >= 11 is 0. The Morgan fingerprint density at radius 1 is 1.16 bits per heavy atom. The monoisotopic (exact) mass is 520 g/mol. The average Bonchev–Trinajstić information content (AvgIpc) is 3.32. The lowest BCUT2D eigenvalue weighted by Crippen LogP contribution is -2.53. The van der Waals surface area contributed by atoms with Crippen molar-refractivity contribution in [2.45, 2.75) is 44.7 Å². The number of benzene rings is 2. The van der Waals surface area contributed by atoms with E-state index in [0.717, 1.165) is 36.9 Å².